The maximum Gasteiger partial charge on any atom is 0.240 e. The lowest BCUT2D eigenvalue weighted by Gasteiger charge is -2.30. The monoisotopic (exact) mass is 288 g/mol. The first kappa shape index (κ1) is 15.2. The van der Waals surface area contributed by atoms with Gasteiger partial charge in [0.05, 0.1) is 20.3 Å². The average Bonchev–Trinajstić information content (AvgIpc) is 2.53. The second-order valence-electron chi connectivity index (χ2n) is 5.08. The van der Waals surface area contributed by atoms with Crippen LogP contribution in [0.4, 0.5) is 0 Å². The zero-order valence-corrected chi connectivity index (χ0v) is 12.7. The highest BCUT2D eigenvalue weighted by atomic mass is 16.5. The number of nitriles is 1. The standard InChI is InChI=1S/C16H20N2O3/c1-4-11(9-17)16(19)18-6-5-12-7-14(20-2)15(21-3)8-13(12)10-18/h7-8,11H,4-6,10H2,1-3H3. The Morgan fingerprint density at radius 1 is 1.33 bits per heavy atom. The lowest BCUT2D eigenvalue weighted by atomic mass is 9.97. The van der Waals surface area contributed by atoms with Crippen LogP contribution < -0.4 is 9.47 Å². The Morgan fingerprint density at radius 2 is 1.95 bits per heavy atom. The third-order valence-corrected chi connectivity index (χ3v) is 3.89. The molecule has 21 heavy (non-hydrogen) atoms. The highest BCUT2D eigenvalue weighted by Crippen LogP contribution is 2.33. The van der Waals surface area contributed by atoms with Crippen molar-refractivity contribution in [2.75, 3.05) is 20.8 Å². The van der Waals surface area contributed by atoms with Crippen LogP contribution in [0.2, 0.25) is 0 Å². The van der Waals surface area contributed by atoms with Crippen molar-refractivity contribution in [1.82, 2.24) is 4.90 Å². The van der Waals surface area contributed by atoms with Crippen molar-refractivity contribution in [3.63, 3.8) is 0 Å². The lowest BCUT2D eigenvalue weighted by Crippen LogP contribution is -2.39. The number of hydrogen-bond donors (Lipinski definition) is 0. The molecule has 1 aromatic rings. The van der Waals surface area contributed by atoms with Gasteiger partial charge in [-0.1, -0.05) is 6.92 Å². The summed E-state index contributed by atoms with van der Waals surface area (Å²) in [7, 11) is 3.21. The van der Waals surface area contributed by atoms with Gasteiger partial charge in [-0.15, -0.1) is 0 Å². The van der Waals surface area contributed by atoms with Gasteiger partial charge in [0.1, 0.15) is 5.92 Å². The minimum atomic E-state index is -0.549. The van der Waals surface area contributed by atoms with Gasteiger partial charge in [0.15, 0.2) is 11.5 Å². The van der Waals surface area contributed by atoms with Crippen molar-refractivity contribution in [2.24, 2.45) is 5.92 Å². The second kappa shape index (κ2) is 6.49. The molecular weight excluding hydrogens is 268 g/mol. The largest absolute Gasteiger partial charge is 0.493 e. The van der Waals surface area contributed by atoms with E-state index in [1.54, 1.807) is 19.1 Å². The van der Waals surface area contributed by atoms with E-state index in [0.717, 1.165) is 12.0 Å². The Kier molecular flexibility index (Phi) is 4.69. The summed E-state index contributed by atoms with van der Waals surface area (Å²) in [5.74, 6) is 0.740. The molecule has 1 aliphatic rings. The third kappa shape index (κ3) is 2.94. The van der Waals surface area contributed by atoms with Crippen LogP contribution in [0, 0.1) is 17.2 Å². The molecule has 112 valence electrons. The summed E-state index contributed by atoms with van der Waals surface area (Å²) < 4.78 is 10.6. The van der Waals surface area contributed by atoms with Gasteiger partial charge in [0.2, 0.25) is 5.91 Å². The molecular formula is C16H20N2O3. The van der Waals surface area contributed by atoms with Crippen LogP contribution in [-0.2, 0) is 17.8 Å². The summed E-state index contributed by atoms with van der Waals surface area (Å²) in [6, 6.07) is 5.97. The molecule has 5 heteroatoms. The summed E-state index contributed by atoms with van der Waals surface area (Å²) in [6.07, 6.45) is 1.31. The van der Waals surface area contributed by atoms with Crippen molar-refractivity contribution < 1.29 is 14.3 Å². The molecule has 0 N–H and O–H groups in total. The summed E-state index contributed by atoms with van der Waals surface area (Å²) in [6.45, 7) is 3.02. The number of methoxy groups -OCH3 is 2. The lowest BCUT2D eigenvalue weighted by molar-refractivity contribution is -0.134. The van der Waals surface area contributed by atoms with E-state index < -0.39 is 5.92 Å². The molecule has 2 rings (SSSR count). The minimum absolute atomic E-state index is 0.0829. The van der Waals surface area contributed by atoms with Gasteiger partial charge >= 0.3 is 0 Å². The van der Waals surface area contributed by atoms with Crippen LogP contribution in [0.3, 0.4) is 0 Å². The average molecular weight is 288 g/mol. The number of fused-ring (bicyclic) bond motifs is 1. The maximum atomic E-state index is 12.3. The number of nitrogens with zero attached hydrogens (tertiary/aromatic N) is 2. The molecule has 1 amide bonds. The number of amides is 1. The third-order valence-electron chi connectivity index (χ3n) is 3.89. The minimum Gasteiger partial charge on any atom is -0.493 e. The fourth-order valence-corrected chi connectivity index (χ4v) is 2.61. The normalized spacial score (nSPS) is 14.9. The van der Waals surface area contributed by atoms with E-state index in [4.69, 9.17) is 14.7 Å². The Labute approximate surface area is 125 Å². The molecule has 0 radical (unpaired) electrons. The molecule has 0 fully saturated rings. The molecule has 1 heterocycles. The Morgan fingerprint density at radius 3 is 2.48 bits per heavy atom. The van der Waals surface area contributed by atoms with Crippen molar-refractivity contribution >= 4 is 5.91 Å². The van der Waals surface area contributed by atoms with E-state index in [1.807, 2.05) is 19.1 Å². The van der Waals surface area contributed by atoms with E-state index in [1.165, 1.54) is 5.56 Å². The first-order chi connectivity index (χ1) is 10.1. The van der Waals surface area contributed by atoms with E-state index in [0.29, 0.717) is 31.0 Å². The topological polar surface area (TPSA) is 62.6 Å². The van der Waals surface area contributed by atoms with E-state index in [9.17, 15) is 4.79 Å². The van der Waals surface area contributed by atoms with Gasteiger partial charge in [-0.25, -0.2) is 0 Å². The van der Waals surface area contributed by atoms with E-state index in [2.05, 4.69) is 6.07 Å². The molecule has 0 bridgehead atoms. The van der Waals surface area contributed by atoms with Crippen LogP contribution >= 0.6 is 0 Å². The number of ether oxygens (including phenoxy) is 2. The van der Waals surface area contributed by atoms with Crippen LogP contribution in [-0.4, -0.2) is 31.6 Å². The first-order valence-electron chi connectivity index (χ1n) is 7.06. The number of benzene rings is 1. The van der Waals surface area contributed by atoms with Crippen LogP contribution in [0.25, 0.3) is 0 Å². The molecule has 1 atom stereocenters. The molecule has 5 nitrogen and oxygen atoms in total. The van der Waals surface area contributed by atoms with Gasteiger partial charge in [-0.2, -0.15) is 5.26 Å². The quantitative estimate of drug-likeness (QED) is 0.851. The van der Waals surface area contributed by atoms with Crippen molar-refractivity contribution in [3.05, 3.63) is 23.3 Å². The van der Waals surface area contributed by atoms with Crippen LogP contribution in [0.1, 0.15) is 24.5 Å². The molecule has 0 saturated carbocycles. The van der Waals surface area contributed by atoms with Gasteiger partial charge in [0, 0.05) is 13.1 Å². The second-order valence-corrected chi connectivity index (χ2v) is 5.08. The summed E-state index contributed by atoms with van der Waals surface area (Å²) in [4.78, 5) is 14.1. The predicted molar refractivity (Wildman–Crippen MR) is 78.1 cm³/mol. The van der Waals surface area contributed by atoms with Crippen molar-refractivity contribution in [2.45, 2.75) is 26.3 Å². The zero-order valence-electron chi connectivity index (χ0n) is 12.7. The number of carbonyl (C=O) groups is 1. The van der Waals surface area contributed by atoms with Crippen LogP contribution in [0.5, 0.6) is 11.5 Å². The van der Waals surface area contributed by atoms with E-state index >= 15 is 0 Å². The summed E-state index contributed by atoms with van der Waals surface area (Å²) in [5.41, 5.74) is 2.22. The summed E-state index contributed by atoms with van der Waals surface area (Å²) in [5, 5.41) is 9.04. The fourth-order valence-electron chi connectivity index (χ4n) is 2.61. The smallest absolute Gasteiger partial charge is 0.240 e. The Bertz CT molecular complexity index is 578. The van der Waals surface area contributed by atoms with Gasteiger partial charge < -0.3 is 14.4 Å². The SMILES string of the molecule is CCC(C#N)C(=O)N1CCc2cc(OC)c(OC)cc2C1. The highest BCUT2D eigenvalue weighted by Gasteiger charge is 2.27. The maximum absolute atomic E-state index is 12.3. The van der Waals surface area contributed by atoms with Gasteiger partial charge in [-0.3, -0.25) is 4.79 Å². The summed E-state index contributed by atoms with van der Waals surface area (Å²) >= 11 is 0. The Balaban J connectivity index is 2.24. The first-order valence-corrected chi connectivity index (χ1v) is 7.06. The molecule has 0 aromatic heterocycles. The van der Waals surface area contributed by atoms with Crippen molar-refractivity contribution in [3.8, 4) is 17.6 Å². The molecule has 0 spiro atoms. The number of carbonyl (C=O) groups excluding carboxylic acids is 1. The van der Waals surface area contributed by atoms with Gasteiger partial charge in [0.25, 0.3) is 0 Å². The molecule has 1 aromatic carbocycles. The Hall–Kier alpha value is -2.22. The van der Waals surface area contributed by atoms with Gasteiger partial charge in [-0.05, 0) is 36.1 Å². The number of rotatable bonds is 4. The zero-order chi connectivity index (χ0) is 15.4. The molecule has 1 aliphatic heterocycles. The van der Waals surface area contributed by atoms with Crippen molar-refractivity contribution in [1.29, 1.82) is 5.26 Å². The molecule has 0 saturated heterocycles. The fraction of sp³-hybridized carbons (Fsp3) is 0.500. The highest BCUT2D eigenvalue weighted by molar-refractivity contribution is 5.81. The number of hydrogen-bond acceptors (Lipinski definition) is 4. The molecule has 0 aliphatic carbocycles. The molecule has 1 unspecified atom stereocenters. The van der Waals surface area contributed by atoms with Crippen LogP contribution in [0.15, 0.2) is 12.1 Å². The predicted octanol–water partition coefficient (Wildman–Crippen LogP) is 2.14. The van der Waals surface area contributed by atoms with E-state index in [-0.39, 0.29) is 5.91 Å².